The number of hydrogen-bond donors (Lipinski definition) is 1. The first-order valence-electron chi connectivity index (χ1n) is 10.5. The van der Waals surface area contributed by atoms with Crippen LogP contribution in [-0.2, 0) is 16.6 Å². The Morgan fingerprint density at radius 3 is 2.50 bits per heavy atom. The van der Waals surface area contributed by atoms with E-state index >= 15 is 0 Å². The second-order valence-corrected chi connectivity index (χ2v) is 8.73. The van der Waals surface area contributed by atoms with Gasteiger partial charge in [0, 0.05) is 26.1 Å². The van der Waals surface area contributed by atoms with Gasteiger partial charge in [-0.1, -0.05) is 23.2 Å². The number of ether oxygens (including phenoxy) is 3. The molecular weight excluding hydrogens is 467 g/mol. The summed E-state index contributed by atoms with van der Waals surface area (Å²) in [5.41, 5.74) is 0.991. The van der Waals surface area contributed by atoms with Crippen molar-refractivity contribution in [3.8, 4) is 11.8 Å². The lowest BCUT2D eigenvalue weighted by Crippen LogP contribution is -2.37. The molecule has 0 radical (unpaired) electrons. The van der Waals surface area contributed by atoms with Gasteiger partial charge in [-0.05, 0) is 32.6 Å². The number of hydrogen-bond acceptors (Lipinski definition) is 5. The Hall–Kier alpha value is -1.84. The van der Waals surface area contributed by atoms with Crippen molar-refractivity contribution in [1.82, 2.24) is 14.9 Å². The average molecular weight is 494 g/mol. The largest absolute Gasteiger partial charge is 0.486 e. The zero-order chi connectivity index (χ0) is 23.4. The second-order valence-electron chi connectivity index (χ2n) is 7.98. The normalized spacial score (nSPS) is 19.9. The quantitative estimate of drug-likeness (QED) is 0.545. The number of amides is 1. The second kappa shape index (κ2) is 10.9. The van der Waals surface area contributed by atoms with E-state index in [1.54, 1.807) is 11.6 Å². The van der Waals surface area contributed by atoms with E-state index in [1.165, 1.54) is 13.0 Å². The van der Waals surface area contributed by atoms with Crippen LogP contribution in [0.1, 0.15) is 39.5 Å². The van der Waals surface area contributed by atoms with Crippen molar-refractivity contribution in [2.75, 3.05) is 13.2 Å². The molecule has 0 bridgehead atoms. The van der Waals surface area contributed by atoms with E-state index < -0.39 is 13.0 Å². The van der Waals surface area contributed by atoms with Crippen molar-refractivity contribution in [1.29, 1.82) is 0 Å². The van der Waals surface area contributed by atoms with Crippen LogP contribution in [0.5, 0.6) is 11.8 Å². The van der Waals surface area contributed by atoms with E-state index in [2.05, 4.69) is 10.3 Å². The van der Waals surface area contributed by atoms with E-state index in [1.807, 2.05) is 6.92 Å². The molecule has 1 aliphatic rings. The summed E-state index contributed by atoms with van der Waals surface area (Å²) >= 11 is 12.5. The van der Waals surface area contributed by atoms with Gasteiger partial charge >= 0.3 is 0 Å². The maximum atomic E-state index is 12.5. The molecule has 178 valence electrons. The smallest absolute Gasteiger partial charge is 0.297 e. The van der Waals surface area contributed by atoms with Crippen LogP contribution in [0.2, 0.25) is 10.0 Å². The number of imidazole rings is 1. The molecule has 3 rings (SSSR count). The Kier molecular flexibility index (Phi) is 8.41. The van der Waals surface area contributed by atoms with Crippen LogP contribution in [-0.4, -0.2) is 53.3 Å². The lowest BCUT2D eigenvalue weighted by atomic mass is 9.95. The van der Waals surface area contributed by atoms with E-state index in [0.29, 0.717) is 23.7 Å². The Morgan fingerprint density at radius 2 is 1.88 bits per heavy atom. The maximum absolute atomic E-state index is 12.5. The van der Waals surface area contributed by atoms with Gasteiger partial charge in [-0.3, -0.25) is 9.36 Å². The van der Waals surface area contributed by atoms with Gasteiger partial charge in [0.1, 0.15) is 29.0 Å². The number of nitrogens with one attached hydrogen (secondary N) is 1. The summed E-state index contributed by atoms with van der Waals surface area (Å²) in [4.78, 5) is 15.5. The Balaban J connectivity index is 1.61. The van der Waals surface area contributed by atoms with E-state index in [0.717, 1.165) is 25.7 Å². The highest BCUT2D eigenvalue weighted by molar-refractivity contribution is 6.45. The number of rotatable bonds is 9. The predicted molar refractivity (Wildman–Crippen MR) is 118 cm³/mol. The zero-order valence-corrected chi connectivity index (χ0v) is 19.7. The van der Waals surface area contributed by atoms with Crippen molar-refractivity contribution < 1.29 is 27.8 Å². The molecule has 1 aromatic heterocycles. The van der Waals surface area contributed by atoms with Gasteiger partial charge in [-0.25, -0.2) is 8.78 Å². The number of aryl methyl sites for hydroxylation is 1. The lowest BCUT2D eigenvalue weighted by Gasteiger charge is -2.29. The monoisotopic (exact) mass is 493 g/mol. The van der Waals surface area contributed by atoms with Gasteiger partial charge in [0.05, 0.1) is 23.3 Å². The van der Waals surface area contributed by atoms with Crippen molar-refractivity contribution in [2.24, 2.45) is 7.05 Å². The molecule has 1 aliphatic carbocycles. The van der Waals surface area contributed by atoms with Crippen LogP contribution in [0.4, 0.5) is 8.78 Å². The van der Waals surface area contributed by atoms with Gasteiger partial charge in [0.2, 0.25) is 5.91 Å². The van der Waals surface area contributed by atoms with Crippen LogP contribution in [0, 0.1) is 0 Å². The number of carbonyl (C=O) groups excluding carboxylic acids is 1. The van der Waals surface area contributed by atoms with Crippen molar-refractivity contribution in [3.05, 3.63) is 16.1 Å². The summed E-state index contributed by atoms with van der Waals surface area (Å²) in [6.45, 7) is 3.08. The Morgan fingerprint density at radius 1 is 1.22 bits per heavy atom. The van der Waals surface area contributed by atoms with Crippen LogP contribution >= 0.6 is 23.2 Å². The number of alkyl halides is 2. The van der Waals surface area contributed by atoms with Crippen molar-refractivity contribution in [3.63, 3.8) is 0 Å². The highest BCUT2D eigenvalue weighted by Crippen LogP contribution is 2.40. The predicted octanol–water partition coefficient (Wildman–Crippen LogP) is 4.76. The van der Waals surface area contributed by atoms with Gasteiger partial charge in [-0.15, -0.1) is 0 Å². The molecule has 0 spiro atoms. The summed E-state index contributed by atoms with van der Waals surface area (Å²) in [6.07, 6.45) is 0.702. The average Bonchev–Trinajstić information content (AvgIpc) is 3.04. The fourth-order valence-corrected chi connectivity index (χ4v) is 4.15. The molecule has 0 aliphatic heterocycles. The zero-order valence-electron chi connectivity index (χ0n) is 18.2. The molecule has 1 aromatic carbocycles. The highest BCUT2D eigenvalue weighted by atomic mass is 35.5. The molecule has 11 heteroatoms. The molecule has 0 saturated heterocycles. The fraction of sp³-hybridized carbons (Fsp3) is 0.619. The first kappa shape index (κ1) is 24.8. The summed E-state index contributed by atoms with van der Waals surface area (Å²) in [7, 11) is 1.75. The molecule has 1 amide bonds. The summed E-state index contributed by atoms with van der Waals surface area (Å²) in [6, 6.07) is 1.87. The number of carbonyl (C=O) groups is 1. The van der Waals surface area contributed by atoms with E-state index in [4.69, 9.17) is 37.4 Å². The van der Waals surface area contributed by atoms with Crippen LogP contribution in [0.15, 0.2) is 6.07 Å². The Bertz CT molecular complexity index is 949. The van der Waals surface area contributed by atoms with Gasteiger partial charge in [0.15, 0.2) is 0 Å². The number of fused-ring (bicyclic) bond motifs is 1. The topological polar surface area (TPSA) is 74.6 Å². The Labute approximate surface area is 195 Å². The molecule has 7 nitrogen and oxygen atoms in total. The number of nitrogens with zero attached hydrogens (tertiary/aromatic N) is 2. The summed E-state index contributed by atoms with van der Waals surface area (Å²) in [5, 5.41) is 2.97. The van der Waals surface area contributed by atoms with Crippen LogP contribution < -0.4 is 14.8 Å². The molecule has 1 saturated carbocycles. The molecule has 32 heavy (non-hydrogen) atoms. The molecule has 0 unspecified atom stereocenters. The molecule has 1 heterocycles. The molecule has 1 atom stereocenters. The summed E-state index contributed by atoms with van der Waals surface area (Å²) < 4.78 is 43.8. The molecule has 2 aromatic rings. The number of benzene rings is 1. The molecule has 1 fully saturated rings. The summed E-state index contributed by atoms with van der Waals surface area (Å²) in [5.74, 6) is -0.0000711. The van der Waals surface area contributed by atoms with Crippen molar-refractivity contribution >= 4 is 40.1 Å². The first-order valence-corrected chi connectivity index (χ1v) is 11.2. The maximum Gasteiger partial charge on any atom is 0.297 e. The van der Waals surface area contributed by atoms with Gasteiger partial charge < -0.3 is 19.5 Å². The number of halogens is 4. The third kappa shape index (κ3) is 6.14. The molecule has 1 N–H and O–H groups in total. The molecular formula is C21H27Cl2F2N3O4. The standard InChI is InChI=1S/C21H27Cl2F2N3O4/c1-11(26-12(2)29)9-30-13-4-6-14(7-5-13)32-21-27-20-15(28(21)3)8-16(18(22)19(20)23)31-10-17(24)25/h8,11,13-14,17H,4-7,9-10H2,1-3H3,(H,26,29)/t11-,13?,14?/m0/s1. The van der Waals surface area contributed by atoms with E-state index in [9.17, 15) is 13.6 Å². The third-order valence-corrected chi connectivity index (χ3v) is 6.11. The minimum atomic E-state index is -2.63. The third-order valence-electron chi connectivity index (χ3n) is 5.27. The number of aromatic nitrogens is 2. The van der Waals surface area contributed by atoms with Crippen LogP contribution in [0.3, 0.4) is 0 Å². The highest BCUT2D eigenvalue weighted by Gasteiger charge is 2.26. The first-order chi connectivity index (χ1) is 15.2. The van der Waals surface area contributed by atoms with E-state index in [-0.39, 0.29) is 40.0 Å². The SMILES string of the molecule is CC(=O)N[C@@H](C)COC1CCC(Oc2nc3c(Cl)c(Cl)c(OCC(F)F)cc3n2C)CC1. The fourth-order valence-electron chi connectivity index (χ4n) is 3.71. The minimum Gasteiger partial charge on any atom is -0.486 e. The lowest BCUT2D eigenvalue weighted by molar-refractivity contribution is -0.120. The van der Waals surface area contributed by atoms with Gasteiger partial charge in [-0.2, -0.15) is 4.98 Å². The minimum absolute atomic E-state index is 0.0346. The van der Waals surface area contributed by atoms with Crippen LogP contribution in [0.25, 0.3) is 11.0 Å². The van der Waals surface area contributed by atoms with Gasteiger partial charge in [0.25, 0.3) is 12.4 Å². The van der Waals surface area contributed by atoms with Crippen molar-refractivity contribution in [2.45, 2.75) is 64.2 Å².